The summed E-state index contributed by atoms with van der Waals surface area (Å²) in [5, 5.41) is 0. The second-order valence-electron chi connectivity index (χ2n) is 4.84. The zero-order chi connectivity index (χ0) is 14.0. The molecule has 19 heavy (non-hydrogen) atoms. The van der Waals surface area contributed by atoms with E-state index in [2.05, 4.69) is 0 Å². The van der Waals surface area contributed by atoms with Gasteiger partial charge in [-0.3, -0.25) is 4.79 Å². The van der Waals surface area contributed by atoms with Crippen molar-refractivity contribution in [2.45, 2.75) is 37.1 Å². The van der Waals surface area contributed by atoms with Gasteiger partial charge in [-0.05, 0) is 31.9 Å². The molecule has 1 aliphatic rings. The van der Waals surface area contributed by atoms with Crippen LogP contribution < -0.4 is 5.73 Å². The molecule has 0 saturated carbocycles. The lowest BCUT2D eigenvalue weighted by atomic mass is 10.0. The van der Waals surface area contributed by atoms with E-state index < -0.39 is 22.0 Å². The highest BCUT2D eigenvalue weighted by atomic mass is 32.2. The average Bonchev–Trinajstić information content (AvgIpc) is 2.39. The highest BCUT2D eigenvalue weighted by Gasteiger charge is 2.36. The molecule has 1 aromatic rings. The summed E-state index contributed by atoms with van der Waals surface area (Å²) < 4.78 is 26.3. The molecule has 1 heterocycles. The second kappa shape index (κ2) is 5.30. The third kappa shape index (κ3) is 2.79. The summed E-state index contributed by atoms with van der Waals surface area (Å²) in [7, 11) is -3.64. The van der Waals surface area contributed by atoms with Crippen LogP contribution in [0.2, 0.25) is 0 Å². The number of primary amides is 1. The molecule has 1 atom stereocenters. The minimum atomic E-state index is -3.64. The number of benzene rings is 1. The molecule has 2 N–H and O–H groups in total. The molecule has 0 unspecified atom stereocenters. The van der Waals surface area contributed by atoms with Gasteiger partial charge in [-0.2, -0.15) is 4.31 Å². The van der Waals surface area contributed by atoms with Crippen LogP contribution in [-0.4, -0.2) is 31.2 Å². The zero-order valence-electron chi connectivity index (χ0n) is 10.9. The fourth-order valence-electron chi connectivity index (χ4n) is 2.32. The van der Waals surface area contributed by atoms with E-state index in [1.807, 2.05) is 6.92 Å². The SMILES string of the molecule is Cc1ccc(S(=O)(=O)N2CCCC[C@@H]2C(N)=O)cc1. The molecule has 5 nitrogen and oxygen atoms in total. The number of hydrogen-bond donors (Lipinski definition) is 1. The molecule has 0 aliphatic carbocycles. The van der Waals surface area contributed by atoms with Gasteiger partial charge in [0.15, 0.2) is 0 Å². The highest BCUT2D eigenvalue weighted by molar-refractivity contribution is 7.89. The first-order valence-electron chi connectivity index (χ1n) is 6.31. The molecule has 1 fully saturated rings. The van der Waals surface area contributed by atoms with E-state index in [0.717, 1.165) is 18.4 Å². The van der Waals surface area contributed by atoms with E-state index in [4.69, 9.17) is 5.73 Å². The molecule has 0 spiro atoms. The van der Waals surface area contributed by atoms with Gasteiger partial charge in [0.1, 0.15) is 6.04 Å². The van der Waals surface area contributed by atoms with Gasteiger partial charge in [0.25, 0.3) is 0 Å². The minimum Gasteiger partial charge on any atom is -0.368 e. The van der Waals surface area contributed by atoms with Crippen LogP contribution in [0.1, 0.15) is 24.8 Å². The third-order valence-corrected chi connectivity index (χ3v) is 5.33. The maximum atomic E-state index is 12.5. The summed E-state index contributed by atoms with van der Waals surface area (Å²) in [5.74, 6) is -0.574. The van der Waals surface area contributed by atoms with Gasteiger partial charge in [-0.25, -0.2) is 8.42 Å². The normalized spacial score (nSPS) is 21.2. The van der Waals surface area contributed by atoms with Crippen LogP contribution in [0.15, 0.2) is 29.2 Å². The van der Waals surface area contributed by atoms with Gasteiger partial charge in [-0.1, -0.05) is 24.1 Å². The van der Waals surface area contributed by atoms with Crippen LogP contribution in [0.3, 0.4) is 0 Å². The van der Waals surface area contributed by atoms with E-state index in [0.29, 0.717) is 13.0 Å². The van der Waals surface area contributed by atoms with Crippen LogP contribution in [0.25, 0.3) is 0 Å². The van der Waals surface area contributed by atoms with Crippen molar-refractivity contribution >= 4 is 15.9 Å². The van der Waals surface area contributed by atoms with Crippen molar-refractivity contribution in [3.05, 3.63) is 29.8 Å². The smallest absolute Gasteiger partial charge is 0.243 e. The van der Waals surface area contributed by atoms with Crippen molar-refractivity contribution in [1.29, 1.82) is 0 Å². The van der Waals surface area contributed by atoms with Crippen molar-refractivity contribution in [3.63, 3.8) is 0 Å². The summed E-state index contributed by atoms with van der Waals surface area (Å²) in [6, 6.07) is 5.90. The summed E-state index contributed by atoms with van der Waals surface area (Å²) in [4.78, 5) is 11.6. The van der Waals surface area contributed by atoms with Crippen LogP contribution in [0, 0.1) is 6.92 Å². The quantitative estimate of drug-likeness (QED) is 0.899. The minimum absolute atomic E-state index is 0.214. The van der Waals surface area contributed by atoms with E-state index in [1.165, 1.54) is 4.31 Å². The van der Waals surface area contributed by atoms with Gasteiger partial charge in [0.2, 0.25) is 15.9 Å². The van der Waals surface area contributed by atoms with Crippen molar-refractivity contribution in [1.82, 2.24) is 4.31 Å². The molecule has 1 aliphatic heterocycles. The van der Waals surface area contributed by atoms with E-state index in [-0.39, 0.29) is 4.90 Å². The molecule has 0 aromatic heterocycles. The van der Waals surface area contributed by atoms with Gasteiger partial charge in [0.05, 0.1) is 4.90 Å². The number of nitrogens with zero attached hydrogens (tertiary/aromatic N) is 1. The van der Waals surface area contributed by atoms with Crippen molar-refractivity contribution in [2.75, 3.05) is 6.54 Å². The van der Waals surface area contributed by atoms with E-state index >= 15 is 0 Å². The first-order chi connectivity index (χ1) is 8.93. The number of aryl methyl sites for hydroxylation is 1. The predicted octanol–water partition coefficient (Wildman–Crippen LogP) is 1.02. The highest BCUT2D eigenvalue weighted by Crippen LogP contribution is 2.25. The lowest BCUT2D eigenvalue weighted by Crippen LogP contribution is -2.50. The Hall–Kier alpha value is -1.40. The number of hydrogen-bond acceptors (Lipinski definition) is 3. The van der Waals surface area contributed by atoms with Gasteiger partial charge in [-0.15, -0.1) is 0 Å². The Labute approximate surface area is 113 Å². The number of sulfonamides is 1. The zero-order valence-corrected chi connectivity index (χ0v) is 11.7. The number of nitrogens with two attached hydrogens (primary N) is 1. The summed E-state index contributed by atoms with van der Waals surface area (Å²) in [6.45, 7) is 2.24. The maximum Gasteiger partial charge on any atom is 0.243 e. The monoisotopic (exact) mass is 282 g/mol. The van der Waals surface area contributed by atoms with E-state index in [9.17, 15) is 13.2 Å². The first-order valence-corrected chi connectivity index (χ1v) is 7.75. The Bertz CT molecular complexity index is 566. The fraction of sp³-hybridized carbons (Fsp3) is 0.462. The van der Waals surface area contributed by atoms with Crippen molar-refractivity contribution in [3.8, 4) is 0 Å². The largest absolute Gasteiger partial charge is 0.368 e. The van der Waals surface area contributed by atoms with Crippen LogP contribution in [0.4, 0.5) is 0 Å². The number of carbonyl (C=O) groups is 1. The lowest BCUT2D eigenvalue weighted by Gasteiger charge is -2.32. The number of amides is 1. The van der Waals surface area contributed by atoms with Gasteiger partial charge < -0.3 is 5.73 Å². The molecular weight excluding hydrogens is 264 g/mol. The molecule has 6 heteroatoms. The van der Waals surface area contributed by atoms with Crippen LogP contribution >= 0.6 is 0 Å². The summed E-state index contributed by atoms with van der Waals surface area (Å²) in [5.41, 5.74) is 6.30. The summed E-state index contributed by atoms with van der Waals surface area (Å²) >= 11 is 0. The van der Waals surface area contributed by atoms with Crippen LogP contribution in [0.5, 0.6) is 0 Å². The van der Waals surface area contributed by atoms with E-state index in [1.54, 1.807) is 24.3 Å². The first kappa shape index (κ1) is 14.0. The molecule has 104 valence electrons. The molecule has 1 saturated heterocycles. The Morgan fingerprint density at radius 1 is 1.26 bits per heavy atom. The maximum absolute atomic E-state index is 12.5. The standard InChI is InChI=1S/C13H18N2O3S/c1-10-5-7-11(8-6-10)19(17,18)15-9-3-2-4-12(15)13(14)16/h5-8,12H,2-4,9H2,1H3,(H2,14,16)/t12-/m1/s1. The lowest BCUT2D eigenvalue weighted by molar-refractivity contribution is -0.122. The van der Waals surface area contributed by atoms with Gasteiger partial charge >= 0.3 is 0 Å². The number of carbonyl (C=O) groups excluding carboxylic acids is 1. The van der Waals surface area contributed by atoms with Crippen molar-refractivity contribution < 1.29 is 13.2 Å². The Balaban J connectivity index is 2.37. The topological polar surface area (TPSA) is 80.5 Å². The molecular formula is C13H18N2O3S. The third-order valence-electron chi connectivity index (χ3n) is 3.41. The van der Waals surface area contributed by atoms with Crippen LogP contribution in [-0.2, 0) is 14.8 Å². The fourth-order valence-corrected chi connectivity index (χ4v) is 3.99. The number of piperidine rings is 1. The predicted molar refractivity (Wildman–Crippen MR) is 71.9 cm³/mol. The molecule has 0 bridgehead atoms. The molecule has 1 aromatic carbocycles. The molecule has 2 rings (SSSR count). The average molecular weight is 282 g/mol. The summed E-state index contributed by atoms with van der Waals surface area (Å²) in [6.07, 6.45) is 2.09. The Morgan fingerprint density at radius 2 is 1.89 bits per heavy atom. The van der Waals surface area contributed by atoms with Gasteiger partial charge in [0, 0.05) is 6.54 Å². The molecule has 0 radical (unpaired) electrons. The number of rotatable bonds is 3. The van der Waals surface area contributed by atoms with Crippen molar-refractivity contribution in [2.24, 2.45) is 5.73 Å². The Kier molecular flexibility index (Phi) is 3.91. The second-order valence-corrected chi connectivity index (χ2v) is 6.73. The Morgan fingerprint density at radius 3 is 2.47 bits per heavy atom. The molecule has 1 amide bonds.